The fraction of sp³-hybridized carbons (Fsp3) is 0.500. The predicted octanol–water partition coefficient (Wildman–Crippen LogP) is 1.81. The number of nitrogens with zero attached hydrogens (tertiary/aromatic N) is 1. The van der Waals surface area contributed by atoms with Crippen molar-refractivity contribution < 1.29 is 8.42 Å². The lowest BCUT2D eigenvalue weighted by Crippen LogP contribution is -2.45. The molecule has 0 radical (unpaired) electrons. The third kappa shape index (κ3) is 3.46. The Balaban J connectivity index is 2.27. The van der Waals surface area contributed by atoms with Crippen molar-refractivity contribution >= 4 is 10.0 Å². The van der Waals surface area contributed by atoms with E-state index in [0.29, 0.717) is 23.9 Å². The highest BCUT2D eigenvalue weighted by atomic mass is 32.2. The van der Waals surface area contributed by atoms with Crippen molar-refractivity contribution in [2.75, 3.05) is 13.1 Å². The normalized spacial score (nSPS) is 23.4. The third-order valence-corrected chi connectivity index (χ3v) is 6.11. The number of sulfonamides is 1. The maximum atomic E-state index is 12.7. The van der Waals surface area contributed by atoms with Crippen molar-refractivity contribution in [2.45, 2.75) is 37.6 Å². The molecule has 2 N–H and O–H groups in total. The molecule has 0 saturated carbocycles. The summed E-state index contributed by atoms with van der Waals surface area (Å²) in [4.78, 5) is 0.335. The summed E-state index contributed by atoms with van der Waals surface area (Å²) in [6, 6.07) is 6.76. The molecule has 1 saturated heterocycles. The predicted molar refractivity (Wildman–Crippen MR) is 84.1 cm³/mol. The van der Waals surface area contributed by atoms with Crippen LogP contribution in [-0.4, -0.2) is 31.9 Å². The van der Waals surface area contributed by atoms with E-state index in [9.17, 15) is 8.42 Å². The first kappa shape index (κ1) is 16.0. The van der Waals surface area contributed by atoms with Crippen LogP contribution in [0.3, 0.4) is 0 Å². The van der Waals surface area contributed by atoms with Crippen LogP contribution in [-0.2, 0) is 10.0 Å². The summed E-state index contributed by atoms with van der Waals surface area (Å²) in [5.41, 5.74) is 6.10. The summed E-state index contributed by atoms with van der Waals surface area (Å²) in [5, 5.41) is 0. The van der Waals surface area contributed by atoms with Gasteiger partial charge in [-0.1, -0.05) is 18.8 Å². The molecular formula is C16H22N2O2S. The zero-order valence-electron chi connectivity index (χ0n) is 12.5. The number of piperidine rings is 1. The van der Waals surface area contributed by atoms with Gasteiger partial charge < -0.3 is 5.73 Å². The van der Waals surface area contributed by atoms with E-state index in [0.717, 1.165) is 18.4 Å². The minimum Gasteiger partial charge on any atom is -0.320 e. The van der Waals surface area contributed by atoms with Gasteiger partial charge in [-0.2, -0.15) is 4.31 Å². The van der Waals surface area contributed by atoms with E-state index in [-0.39, 0.29) is 6.04 Å². The zero-order valence-corrected chi connectivity index (χ0v) is 13.4. The molecule has 2 atom stereocenters. The van der Waals surface area contributed by atoms with Crippen LogP contribution in [0.2, 0.25) is 0 Å². The summed E-state index contributed by atoms with van der Waals surface area (Å²) in [7, 11) is -3.42. The van der Waals surface area contributed by atoms with Gasteiger partial charge in [0.25, 0.3) is 0 Å². The molecule has 1 aliphatic rings. The second kappa shape index (κ2) is 6.61. The van der Waals surface area contributed by atoms with Gasteiger partial charge >= 0.3 is 0 Å². The molecule has 0 amide bonds. The Labute approximate surface area is 127 Å². The Kier molecular flexibility index (Phi) is 5.04. The van der Waals surface area contributed by atoms with E-state index in [2.05, 4.69) is 18.8 Å². The van der Waals surface area contributed by atoms with Crippen molar-refractivity contribution in [1.82, 2.24) is 4.31 Å². The second-order valence-corrected chi connectivity index (χ2v) is 7.40. The smallest absolute Gasteiger partial charge is 0.243 e. The van der Waals surface area contributed by atoms with Crippen LogP contribution in [0.1, 0.15) is 32.3 Å². The molecule has 2 unspecified atom stereocenters. The summed E-state index contributed by atoms with van der Waals surface area (Å²) in [6.45, 7) is 4.99. The van der Waals surface area contributed by atoms with Crippen LogP contribution < -0.4 is 5.73 Å². The SMILES string of the molecule is CC1CCCN(S(=O)(=O)c2ccc(C#CCN)cc2)C1C. The Hall–Kier alpha value is -1.35. The molecule has 1 aliphatic heterocycles. The van der Waals surface area contributed by atoms with Gasteiger partial charge in [0.05, 0.1) is 11.4 Å². The van der Waals surface area contributed by atoms with Crippen molar-refractivity contribution in [3.05, 3.63) is 29.8 Å². The van der Waals surface area contributed by atoms with Crippen LogP contribution in [0, 0.1) is 17.8 Å². The summed E-state index contributed by atoms with van der Waals surface area (Å²) >= 11 is 0. The van der Waals surface area contributed by atoms with Gasteiger partial charge in [0, 0.05) is 18.2 Å². The monoisotopic (exact) mass is 306 g/mol. The highest BCUT2D eigenvalue weighted by Gasteiger charge is 2.34. The summed E-state index contributed by atoms with van der Waals surface area (Å²) in [6.07, 6.45) is 2.01. The average molecular weight is 306 g/mol. The standard InChI is InChI=1S/C16H22N2O2S/c1-13-5-4-12-18(14(13)2)21(19,20)16-9-7-15(8-10-16)6-3-11-17/h7-10,13-14H,4-5,11-12,17H2,1-2H3. The van der Waals surface area contributed by atoms with Gasteiger partial charge in [-0.15, -0.1) is 0 Å². The summed E-state index contributed by atoms with van der Waals surface area (Å²) in [5.74, 6) is 6.04. The fourth-order valence-corrected chi connectivity index (χ4v) is 4.40. The number of rotatable bonds is 2. The van der Waals surface area contributed by atoms with Crippen molar-refractivity contribution in [1.29, 1.82) is 0 Å². The molecule has 1 aromatic rings. The largest absolute Gasteiger partial charge is 0.320 e. The van der Waals surface area contributed by atoms with Crippen LogP contribution in [0.25, 0.3) is 0 Å². The first-order valence-corrected chi connectivity index (χ1v) is 8.71. The highest BCUT2D eigenvalue weighted by molar-refractivity contribution is 7.89. The molecule has 21 heavy (non-hydrogen) atoms. The van der Waals surface area contributed by atoms with Gasteiger partial charge in [-0.25, -0.2) is 8.42 Å². The lowest BCUT2D eigenvalue weighted by molar-refractivity contribution is 0.202. The highest BCUT2D eigenvalue weighted by Crippen LogP contribution is 2.28. The van der Waals surface area contributed by atoms with Gasteiger partial charge in [0.2, 0.25) is 10.0 Å². The molecule has 4 nitrogen and oxygen atoms in total. The quantitative estimate of drug-likeness (QED) is 0.848. The minimum absolute atomic E-state index is 0.0421. The van der Waals surface area contributed by atoms with Crippen LogP contribution in [0.4, 0.5) is 0 Å². The molecule has 2 rings (SSSR count). The first-order chi connectivity index (χ1) is 9.96. The molecule has 1 heterocycles. The van der Waals surface area contributed by atoms with Gasteiger partial charge in [-0.05, 0) is 49.9 Å². The fourth-order valence-electron chi connectivity index (χ4n) is 2.64. The van der Waals surface area contributed by atoms with Crippen molar-refractivity contribution in [3.8, 4) is 11.8 Å². The van der Waals surface area contributed by atoms with Crippen LogP contribution in [0.15, 0.2) is 29.2 Å². The van der Waals surface area contributed by atoms with Gasteiger partial charge in [-0.3, -0.25) is 0 Å². The van der Waals surface area contributed by atoms with E-state index in [1.54, 1.807) is 28.6 Å². The van der Waals surface area contributed by atoms with E-state index in [1.165, 1.54) is 0 Å². The Morgan fingerprint density at radius 1 is 1.29 bits per heavy atom. The topological polar surface area (TPSA) is 63.4 Å². The maximum Gasteiger partial charge on any atom is 0.243 e. The van der Waals surface area contributed by atoms with E-state index < -0.39 is 10.0 Å². The molecule has 1 aromatic carbocycles. The van der Waals surface area contributed by atoms with E-state index in [4.69, 9.17) is 5.73 Å². The average Bonchev–Trinajstić information content (AvgIpc) is 2.48. The molecule has 0 spiro atoms. The molecule has 5 heteroatoms. The Morgan fingerprint density at radius 2 is 1.95 bits per heavy atom. The first-order valence-electron chi connectivity index (χ1n) is 7.27. The number of hydrogen-bond donors (Lipinski definition) is 1. The minimum atomic E-state index is -3.42. The Bertz CT molecular complexity index is 641. The molecular weight excluding hydrogens is 284 g/mol. The number of nitrogens with two attached hydrogens (primary N) is 1. The molecule has 0 aromatic heterocycles. The lowest BCUT2D eigenvalue weighted by Gasteiger charge is -2.36. The zero-order chi connectivity index (χ0) is 15.5. The molecule has 114 valence electrons. The van der Waals surface area contributed by atoms with E-state index in [1.807, 2.05) is 6.92 Å². The number of benzene rings is 1. The summed E-state index contributed by atoms with van der Waals surface area (Å²) < 4.78 is 27.1. The Morgan fingerprint density at radius 3 is 2.57 bits per heavy atom. The number of hydrogen-bond acceptors (Lipinski definition) is 3. The molecule has 0 bridgehead atoms. The third-order valence-electron chi connectivity index (χ3n) is 4.11. The van der Waals surface area contributed by atoms with Crippen LogP contribution >= 0.6 is 0 Å². The van der Waals surface area contributed by atoms with Crippen molar-refractivity contribution in [3.63, 3.8) is 0 Å². The second-order valence-electron chi connectivity index (χ2n) is 5.51. The van der Waals surface area contributed by atoms with Crippen LogP contribution in [0.5, 0.6) is 0 Å². The van der Waals surface area contributed by atoms with Gasteiger partial charge in [0.1, 0.15) is 0 Å². The molecule has 0 aliphatic carbocycles. The lowest BCUT2D eigenvalue weighted by atomic mass is 9.94. The van der Waals surface area contributed by atoms with E-state index >= 15 is 0 Å². The molecule has 1 fully saturated rings. The maximum absolute atomic E-state index is 12.7. The van der Waals surface area contributed by atoms with Gasteiger partial charge in [0.15, 0.2) is 0 Å². The van der Waals surface area contributed by atoms with Crippen molar-refractivity contribution in [2.24, 2.45) is 11.7 Å².